The zero-order chi connectivity index (χ0) is 20.5. The summed E-state index contributed by atoms with van der Waals surface area (Å²) in [6.45, 7) is 3.50. The highest BCUT2D eigenvalue weighted by Gasteiger charge is 2.24. The van der Waals surface area contributed by atoms with Crippen molar-refractivity contribution in [2.24, 2.45) is 5.92 Å². The van der Waals surface area contributed by atoms with Crippen LogP contribution in [0.5, 0.6) is 0 Å². The van der Waals surface area contributed by atoms with Crippen molar-refractivity contribution in [3.8, 4) is 0 Å². The first kappa shape index (κ1) is 21.6. The first-order valence-electron chi connectivity index (χ1n) is 9.02. The van der Waals surface area contributed by atoms with Crippen molar-refractivity contribution in [3.63, 3.8) is 0 Å². The van der Waals surface area contributed by atoms with Gasteiger partial charge in [-0.25, -0.2) is 0 Å². The average Bonchev–Trinajstić information content (AvgIpc) is 2.66. The van der Waals surface area contributed by atoms with E-state index in [1.165, 1.54) is 0 Å². The summed E-state index contributed by atoms with van der Waals surface area (Å²) in [5.41, 5.74) is 1.49. The number of carbonyl (C=O) groups excluding carboxylic acids is 3. The van der Waals surface area contributed by atoms with Crippen LogP contribution < -0.4 is 16.0 Å². The number of para-hydroxylation sites is 1. The molecule has 2 aromatic carbocycles. The monoisotopic (exact) mass is 445 g/mol. The molecule has 0 radical (unpaired) electrons. The van der Waals surface area contributed by atoms with Crippen molar-refractivity contribution in [3.05, 3.63) is 64.6 Å². The molecule has 6 nitrogen and oxygen atoms in total. The molecule has 0 heterocycles. The van der Waals surface area contributed by atoms with Gasteiger partial charge in [0.05, 0.1) is 18.7 Å². The lowest BCUT2D eigenvalue weighted by Crippen LogP contribution is -2.51. The molecular weight excluding hydrogens is 422 g/mol. The highest BCUT2D eigenvalue weighted by Crippen LogP contribution is 2.20. The number of hydrogen-bond donors (Lipinski definition) is 3. The number of hydrogen-bond acceptors (Lipinski definition) is 3. The van der Waals surface area contributed by atoms with Gasteiger partial charge in [-0.05, 0) is 39.5 Å². The van der Waals surface area contributed by atoms with E-state index in [-0.39, 0.29) is 30.7 Å². The Labute approximate surface area is 173 Å². The van der Waals surface area contributed by atoms with E-state index < -0.39 is 11.9 Å². The van der Waals surface area contributed by atoms with Gasteiger partial charge in [-0.3, -0.25) is 14.4 Å². The molecule has 3 amide bonds. The van der Waals surface area contributed by atoms with Gasteiger partial charge in [0.15, 0.2) is 0 Å². The minimum atomic E-state index is -0.715. The van der Waals surface area contributed by atoms with E-state index in [2.05, 4.69) is 31.9 Å². The number of anilines is 1. The van der Waals surface area contributed by atoms with Gasteiger partial charge in [0.1, 0.15) is 6.04 Å². The van der Waals surface area contributed by atoms with E-state index in [1.807, 2.05) is 56.3 Å². The fourth-order valence-electron chi connectivity index (χ4n) is 2.58. The molecule has 2 aromatic rings. The van der Waals surface area contributed by atoms with E-state index in [0.717, 1.165) is 10.0 Å². The number of rotatable bonds is 8. The Bertz CT molecular complexity index is 825. The lowest BCUT2D eigenvalue weighted by Gasteiger charge is -2.21. The molecule has 0 aliphatic carbocycles. The lowest BCUT2D eigenvalue weighted by atomic mass is 10.0. The predicted octanol–water partition coefficient (Wildman–Crippen LogP) is 2.89. The topological polar surface area (TPSA) is 87.3 Å². The van der Waals surface area contributed by atoms with Gasteiger partial charge in [-0.2, -0.15) is 0 Å². The molecule has 0 aromatic heterocycles. The molecule has 0 saturated heterocycles. The summed E-state index contributed by atoms with van der Waals surface area (Å²) in [7, 11) is 0. The molecule has 7 heteroatoms. The van der Waals surface area contributed by atoms with Crippen molar-refractivity contribution in [2.45, 2.75) is 26.3 Å². The Morgan fingerprint density at radius 2 is 1.57 bits per heavy atom. The van der Waals surface area contributed by atoms with Crippen LogP contribution in [0.25, 0.3) is 0 Å². The van der Waals surface area contributed by atoms with Crippen LogP contribution in [0.3, 0.4) is 0 Å². The quantitative estimate of drug-likeness (QED) is 0.583. The van der Waals surface area contributed by atoms with Crippen LogP contribution in [0.2, 0.25) is 0 Å². The molecule has 1 atom stereocenters. The molecule has 0 unspecified atom stereocenters. The molecule has 0 fully saturated rings. The molecule has 0 aliphatic rings. The second kappa shape index (κ2) is 10.6. The van der Waals surface area contributed by atoms with Crippen LogP contribution in [0.4, 0.5) is 5.69 Å². The molecule has 28 heavy (non-hydrogen) atoms. The largest absolute Gasteiger partial charge is 0.345 e. The van der Waals surface area contributed by atoms with E-state index >= 15 is 0 Å². The average molecular weight is 446 g/mol. The summed E-state index contributed by atoms with van der Waals surface area (Å²) in [6, 6.07) is 15.8. The fourth-order valence-corrected chi connectivity index (χ4v) is 2.96. The molecule has 0 saturated carbocycles. The normalized spacial score (nSPS) is 11.6. The maximum Gasteiger partial charge on any atom is 0.243 e. The summed E-state index contributed by atoms with van der Waals surface area (Å²) in [4.78, 5) is 36.8. The second-order valence-corrected chi connectivity index (χ2v) is 7.55. The van der Waals surface area contributed by atoms with Crippen LogP contribution in [0.15, 0.2) is 59.1 Å². The van der Waals surface area contributed by atoms with Gasteiger partial charge < -0.3 is 16.0 Å². The highest BCUT2D eigenvalue weighted by molar-refractivity contribution is 9.10. The Hall–Kier alpha value is -2.67. The number of carbonyl (C=O) groups is 3. The predicted molar refractivity (Wildman–Crippen MR) is 113 cm³/mol. The maximum absolute atomic E-state index is 12.5. The Balaban J connectivity index is 1.87. The minimum Gasteiger partial charge on any atom is -0.345 e. The van der Waals surface area contributed by atoms with Crippen molar-refractivity contribution in [1.82, 2.24) is 10.6 Å². The zero-order valence-electron chi connectivity index (χ0n) is 15.9. The maximum atomic E-state index is 12.5. The highest BCUT2D eigenvalue weighted by atomic mass is 79.9. The standard InChI is InChI=1S/C21H24BrN3O3/c1-14(2)20(25-18(26)12-15-8-4-3-5-9-15)21(28)23-13-19(27)24-17-11-7-6-10-16(17)22/h3-11,14,20H,12-13H2,1-2H3,(H,23,28)(H,24,27)(H,25,26)/t20-/m0/s1. The summed E-state index contributed by atoms with van der Waals surface area (Å²) >= 11 is 3.35. The molecule has 0 bridgehead atoms. The van der Waals surface area contributed by atoms with Crippen LogP contribution in [-0.4, -0.2) is 30.3 Å². The lowest BCUT2D eigenvalue weighted by molar-refractivity contribution is -0.130. The van der Waals surface area contributed by atoms with Crippen LogP contribution in [0.1, 0.15) is 19.4 Å². The molecule has 2 rings (SSSR count). The smallest absolute Gasteiger partial charge is 0.243 e. The summed E-state index contributed by atoms with van der Waals surface area (Å²) in [5, 5.41) is 8.07. The third-order valence-corrected chi connectivity index (χ3v) is 4.74. The first-order chi connectivity index (χ1) is 13.4. The third kappa shape index (κ3) is 6.81. The fraction of sp³-hybridized carbons (Fsp3) is 0.286. The van der Waals surface area contributed by atoms with Gasteiger partial charge in [0.25, 0.3) is 0 Å². The van der Waals surface area contributed by atoms with Crippen molar-refractivity contribution < 1.29 is 14.4 Å². The van der Waals surface area contributed by atoms with Gasteiger partial charge in [-0.1, -0.05) is 56.3 Å². The van der Waals surface area contributed by atoms with E-state index in [1.54, 1.807) is 12.1 Å². The van der Waals surface area contributed by atoms with Crippen LogP contribution in [-0.2, 0) is 20.8 Å². The first-order valence-corrected chi connectivity index (χ1v) is 9.81. The van der Waals surface area contributed by atoms with Crippen LogP contribution in [0, 0.1) is 5.92 Å². The second-order valence-electron chi connectivity index (χ2n) is 6.70. The summed E-state index contributed by atoms with van der Waals surface area (Å²) in [5.74, 6) is -1.10. The number of halogens is 1. The van der Waals surface area contributed by atoms with E-state index in [0.29, 0.717) is 5.69 Å². The van der Waals surface area contributed by atoms with Gasteiger partial charge >= 0.3 is 0 Å². The molecule has 148 valence electrons. The van der Waals surface area contributed by atoms with Crippen molar-refractivity contribution in [2.75, 3.05) is 11.9 Å². The Kier molecular flexibility index (Phi) is 8.19. The van der Waals surface area contributed by atoms with E-state index in [4.69, 9.17) is 0 Å². The number of benzene rings is 2. The molecular formula is C21H24BrN3O3. The Morgan fingerprint density at radius 1 is 0.929 bits per heavy atom. The van der Waals surface area contributed by atoms with Gasteiger partial charge in [0.2, 0.25) is 17.7 Å². The van der Waals surface area contributed by atoms with Crippen molar-refractivity contribution in [1.29, 1.82) is 0 Å². The van der Waals surface area contributed by atoms with Gasteiger partial charge in [0, 0.05) is 4.47 Å². The SMILES string of the molecule is CC(C)[C@H](NC(=O)Cc1ccccc1)C(=O)NCC(=O)Nc1ccccc1Br. The van der Waals surface area contributed by atoms with Crippen LogP contribution >= 0.6 is 15.9 Å². The van der Waals surface area contributed by atoms with Gasteiger partial charge in [-0.15, -0.1) is 0 Å². The summed E-state index contributed by atoms with van der Waals surface area (Å²) in [6.07, 6.45) is 0.194. The summed E-state index contributed by atoms with van der Waals surface area (Å²) < 4.78 is 0.753. The molecule has 0 spiro atoms. The number of amides is 3. The zero-order valence-corrected chi connectivity index (χ0v) is 17.5. The molecule has 0 aliphatic heterocycles. The minimum absolute atomic E-state index is 0.119. The Morgan fingerprint density at radius 3 is 2.21 bits per heavy atom. The van der Waals surface area contributed by atoms with E-state index in [9.17, 15) is 14.4 Å². The third-order valence-electron chi connectivity index (χ3n) is 4.04. The van der Waals surface area contributed by atoms with Crippen molar-refractivity contribution >= 4 is 39.3 Å². The molecule has 3 N–H and O–H groups in total. The number of nitrogens with one attached hydrogen (secondary N) is 3.